The number of pyridine rings is 1. The van der Waals surface area contributed by atoms with E-state index in [0.717, 1.165) is 0 Å². The Morgan fingerprint density at radius 1 is 1.40 bits per heavy atom. The van der Waals surface area contributed by atoms with Crippen molar-refractivity contribution in [2.45, 2.75) is 13.0 Å². The first kappa shape index (κ1) is 14.8. The summed E-state index contributed by atoms with van der Waals surface area (Å²) in [5, 5.41) is 3.81. The van der Waals surface area contributed by atoms with Crippen LogP contribution in [0.2, 0.25) is 5.02 Å². The lowest BCUT2D eigenvalue weighted by Crippen LogP contribution is -2.27. The number of rotatable bonds is 6. The molecule has 5 heteroatoms. The molecule has 1 aromatic carbocycles. The summed E-state index contributed by atoms with van der Waals surface area (Å²) in [6.07, 6.45) is 2.78. The lowest BCUT2D eigenvalue weighted by molar-refractivity contribution is 0.264. The summed E-state index contributed by atoms with van der Waals surface area (Å²) in [6, 6.07) is 8.56. The monoisotopic (exact) mass is 294 g/mol. The zero-order valence-corrected chi connectivity index (χ0v) is 11.9. The molecule has 0 spiro atoms. The topological polar surface area (TPSA) is 34.1 Å². The summed E-state index contributed by atoms with van der Waals surface area (Å²) in [7, 11) is 0. The Morgan fingerprint density at radius 3 is 2.95 bits per heavy atom. The van der Waals surface area contributed by atoms with Gasteiger partial charge in [0, 0.05) is 16.8 Å². The van der Waals surface area contributed by atoms with Crippen LogP contribution < -0.4 is 10.1 Å². The van der Waals surface area contributed by atoms with Gasteiger partial charge in [-0.05, 0) is 30.8 Å². The summed E-state index contributed by atoms with van der Waals surface area (Å²) in [4.78, 5) is 3.76. The number of halogens is 2. The molecule has 0 saturated heterocycles. The second-order valence-electron chi connectivity index (χ2n) is 4.28. The van der Waals surface area contributed by atoms with Crippen molar-refractivity contribution < 1.29 is 9.13 Å². The maximum Gasteiger partial charge on any atom is 0.146 e. The number of likely N-dealkylation sites (N-methyl/N-ethyl adjacent to an activating group) is 1. The van der Waals surface area contributed by atoms with Gasteiger partial charge in [0.1, 0.15) is 18.2 Å². The molecule has 0 saturated carbocycles. The number of aromatic nitrogens is 1. The number of hydrogen-bond acceptors (Lipinski definition) is 3. The summed E-state index contributed by atoms with van der Waals surface area (Å²) in [5.74, 6) is 0.322. The van der Waals surface area contributed by atoms with Crippen molar-refractivity contribution in [1.82, 2.24) is 10.3 Å². The highest BCUT2D eigenvalue weighted by Gasteiger charge is 2.15. The molecule has 0 aliphatic carbocycles. The van der Waals surface area contributed by atoms with Gasteiger partial charge in [-0.3, -0.25) is 4.98 Å². The molecule has 0 fully saturated rings. The van der Waals surface area contributed by atoms with Gasteiger partial charge in [0.25, 0.3) is 0 Å². The third-order valence-corrected chi connectivity index (χ3v) is 3.08. The van der Waals surface area contributed by atoms with Gasteiger partial charge in [-0.2, -0.15) is 0 Å². The number of nitrogens with one attached hydrogen (secondary N) is 1. The zero-order valence-electron chi connectivity index (χ0n) is 11.1. The Morgan fingerprint density at radius 2 is 2.25 bits per heavy atom. The maximum absolute atomic E-state index is 13.8. The average Bonchev–Trinajstić information content (AvgIpc) is 2.44. The van der Waals surface area contributed by atoms with Crippen LogP contribution in [-0.4, -0.2) is 18.1 Å². The quantitative estimate of drug-likeness (QED) is 0.884. The van der Waals surface area contributed by atoms with Crippen LogP contribution in [0.25, 0.3) is 0 Å². The smallest absolute Gasteiger partial charge is 0.146 e. The molecule has 20 heavy (non-hydrogen) atoms. The van der Waals surface area contributed by atoms with Crippen LogP contribution in [0.5, 0.6) is 5.75 Å². The van der Waals surface area contributed by atoms with E-state index in [2.05, 4.69) is 10.3 Å². The summed E-state index contributed by atoms with van der Waals surface area (Å²) >= 11 is 5.90. The molecule has 0 bridgehead atoms. The van der Waals surface area contributed by atoms with Crippen molar-refractivity contribution in [2.75, 3.05) is 13.2 Å². The molecule has 0 aliphatic heterocycles. The predicted molar refractivity (Wildman–Crippen MR) is 77.6 cm³/mol. The van der Waals surface area contributed by atoms with E-state index in [4.69, 9.17) is 16.3 Å². The second kappa shape index (κ2) is 7.22. The number of hydrogen-bond donors (Lipinski definition) is 1. The van der Waals surface area contributed by atoms with E-state index >= 15 is 0 Å². The van der Waals surface area contributed by atoms with Gasteiger partial charge in [-0.15, -0.1) is 0 Å². The fraction of sp³-hybridized carbons (Fsp3) is 0.267. The minimum Gasteiger partial charge on any atom is -0.492 e. The normalized spacial score (nSPS) is 12.2. The second-order valence-corrected chi connectivity index (χ2v) is 4.71. The Hall–Kier alpha value is -1.65. The minimum atomic E-state index is -0.340. The van der Waals surface area contributed by atoms with Gasteiger partial charge in [0.05, 0.1) is 12.2 Å². The first-order valence-corrected chi connectivity index (χ1v) is 6.79. The van der Waals surface area contributed by atoms with Crippen LogP contribution in [0.3, 0.4) is 0 Å². The highest BCUT2D eigenvalue weighted by molar-refractivity contribution is 6.30. The van der Waals surface area contributed by atoms with E-state index in [1.54, 1.807) is 24.4 Å². The Kier molecular flexibility index (Phi) is 5.32. The van der Waals surface area contributed by atoms with E-state index < -0.39 is 0 Å². The number of ether oxygens (including phenoxy) is 1. The zero-order chi connectivity index (χ0) is 14.4. The Labute approximate surface area is 122 Å². The van der Waals surface area contributed by atoms with E-state index in [1.165, 1.54) is 6.20 Å². The van der Waals surface area contributed by atoms with E-state index in [-0.39, 0.29) is 11.9 Å². The number of benzene rings is 1. The molecule has 3 nitrogen and oxygen atoms in total. The van der Waals surface area contributed by atoms with Crippen molar-refractivity contribution in [1.29, 1.82) is 0 Å². The van der Waals surface area contributed by atoms with Gasteiger partial charge in [0.2, 0.25) is 0 Å². The molecule has 1 atom stereocenters. The van der Waals surface area contributed by atoms with Crippen molar-refractivity contribution in [3.05, 3.63) is 59.1 Å². The first-order chi connectivity index (χ1) is 9.70. The lowest BCUT2D eigenvalue weighted by Gasteiger charge is -2.19. The third kappa shape index (κ3) is 3.92. The number of nitrogens with zero attached hydrogens (tertiary/aromatic N) is 1. The molecular formula is C15H16ClFN2O. The standard InChI is InChI=1S/C15H16ClFN2O/c1-2-19-15(13-6-7-18-9-14(13)17)10-20-12-5-3-4-11(16)8-12/h3-9,15,19H,2,10H2,1H3. The van der Waals surface area contributed by atoms with Gasteiger partial charge >= 0.3 is 0 Å². The molecule has 0 amide bonds. The van der Waals surface area contributed by atoms with Gasteiger partial charge in [-0.25, -0.2) is 4.39 Å². The maximum atomic E-state index is 13.8. The molecule has 0 aliphatic rings. The molecule has 106 valence electrons. The van der Waals surface area contributed by atoms with Crippen LogP contribution in [-0.2, 0) is 0 Å². The van der Waals surface area contributed by atoms with Gasteiger partial charge < -0.3 is 10.1 Å². The summed E-state index contributed by atoms with van der Waals surface area (Å²) in [5.41, 5.74) is 0.545. The van der Waals surface area contributed by atoms with E-state index in [9.17, 15) is 4.39 Å². The Bertz CT molecular complexity index is 565. The van der Waals surface area contributed by atoms with E-state index in [1.807, 2.05) is 19.1 Å². The highest BCUT2D eigenvalue weighted by atomic mass is 35.5. The van der Waals surface area contributed by atoms with Crippen LogP contribution >= 0.6 is 11.6 Å². The fourth-order valence-electron chi connectivity index (χ4n) is 1.91. The average molecular weight is 295 g/mol. The largest absolute Gasteiger partial charge is 0.492 e. The minimum absolute atomic E-state index is 0.234. The van der Waals surface area contributed by atoms with Crippen molar-refractivity contribution in [3.8, 4) is 5.75 Å². The van der Waals surface area contributed by atoms with Crippen molar-refractivity contribution >= 4 is 11.6 Å². The van der Waals surface area contributed by atoms with Crippen LogP contribution in [0.4, 0.5) is 4.39 Å². The first-order valence-electron chi connectivity index (χ1n) is 6.42. The molecule has 1 aromatic heterocycles. The van der Waals surface area contributed by atoms with Crippen molar-refractivity contribution in [3.63, 3.8) is 0 Å². The third-order valence-electron chi connectivity index (χ3n) is 2.84. The van der Waals surface area contributed by atoms with E-state index in [0.29, 0.717) is 29.5 Å². The summed E-state index contributed by atoms with van der Waals surface area (Å²) in [6.45, 7) is 2.99. The molecule has 1 unspecified atom stereocenters. The molecule has 1 heterocycles. The molecular weight excluding hydrogens is 279 g/mol. The van der Waals surface area contributed by atoms with Crippen LogP contribution in [0, 0.1) is 5.82 Å². The van der Waals surface area contributed by atoms with Crippen LogP contribution in [0.1, 0.15) is 18.5 Å². The summed E-state index contributed by atoms with van der Waals surface area (Å²) < 4.78 is 19.5. The lowest BCUT2D eigenvalue weighted by atomic mass is 10.1. The van der Waals surface area contributed by atoms with Gasteiger partial charge in [0.15, 0.2) is 0 Å². The van der Waals surface area contributed by atoms with Crippen molar-refractivity contribution in [2.24, 2.45) is 0 Å². The van der Waals surface area contributed by atoms with Gasteiger partial charge in [-0.1, -0.05) is 24.6 Å². The molecule has 1 N–H and O–H groups in total. The molecule has 2 aromatic rings. The SMILES string of the molecule is CCNC(COc1cccc(Cl)c1)c1ccncc1F. The predicted octanol–water partition coefficient (Wildman–Crippen LogP) is 3.60. The molecule has 2 rings (SSSR count). The Balaban J connectivity index is 2.08. The highest BCUT2D eigenvalue weighted by Crippen LogP contribution is 2.21. The van der Waals surface area contributed by atoms with Crippen LogP contribution in [0.15, 0.2) is 42.7 Å². The molecule has 0 radical (unpaired) electrons. The fourth-order valence-corrected chi connectivity index (χ4v) is 2.09.